The van der Waals surface area contributed by atoms with Crippen LogP contribution in [0.15, 0.2) is 47.5 Å². The normalized spacial score (nSPS) is 14.0. The van der Waals surface area contributed by atoms with Crippen LogP contribution in [0.1, 0.15) is 5.69 Å². The zero-order valence-electron chi connectivity index (χ0n) is 14.8. The second-order valence-electron chi connectivity index (χ2n) is 6.23. The van der Waals surface area contributed by atoms with Gasteiger partial charge >= 0.3 is 0 Å². The predicted octanol–water partition coefficient (Wildman–Crippen LogP) is 1.56. The highest BCUT2D eigenvalue weighted by Crippen LogP contribution is 2.22. The van der Waals surface area contributed by atoms with Crippen molar-refractivity contribution >= 4 is 11.8 Å². The molecule has 3 aromatic rings. The molecule has 0 atom stereocenters. The second kappa shape index (κ2) is 7.44. The number of halogens is 1. The maximum atomic E-state index is 14.3. The summed E-state index contributed by atoms with van der Waals surface area (Å²) < 4.78 is 14.3. The average Bonchev–Trinajstić information content (AvgIpc) is 2.76. The Balaban J connectivity index is 1.58. The fraction of sp³-hybridized carbons (Fsp3) is 0.211. The van der Waals surface area contributed by atoms with E-state index in [9.17, 15) is 14.4 Å². The number of nitrogens with zero attached hydrogens (tertiary/aromatic N) is 6. The molecule has 2 aromatic heterocycles. The van der Waals surface area contributed by atoms with E-state index >= 15 is 0 Å². The Morgan fingerprint density at radius 3 is 2.43 bits per heavy atom. The van der Waals surface area contributed by atoms with Crippen molar-refractivity contribution in [2.45, 2.75) is 0 Å². The molecule has 1 fully saturated rings. The van der Waals surface area contributed by atoms with Crippen LogP contribution >= 0.6 is 0 Å². The smallest absolute Gasteiger partial charge is 0.289 e. The molecule has 1 aliphatic heterocycles. The van der Waals surface area contributed by atoms with Crippen LogP contribution in [0.25, 0.3) is 11.3 Å². The van der Waals surface area contributed by atoms with Crippen LogP contribution in [-0.4, -0.2) is 46.1 Å². The summed E-state index contributed by atoms with van der Waals surface area (Å²) in [5.41, 5.74) is 0.0503. The number of nitrogens with one attached hydrogen (secondary N) is 1. The van der Waals surface area contributed by atoms with Crippen molar-refractivity contribution in [2.75, 3.05) is 36.0 Å². The first kappa shape index (κ1) is 17.6. The lowest BCUT2D eigenvalue weighted by molar-refractivity contribution is 0.594. The Kier molecular flexibility index (Phi) is 4.68. The van der Waals surface area contributed by atoms with Gasteiger partial charge in [-0.05, 0) is 0 Å². The van der Waals surface area contributed by atoms with Crippen molar-refractivity contribution in [3.05, 3.63) is 64.6 Å². The van der Waals surface area contributed by atoms with E-state index in [-0.39, 0.29) is 11.4 Å². The molecule has 1 aromatic carbocycles. The number of H-pyrrole nitrogens is 1. The Morgan fingerprint density at radius 1 is 1.04 bits per heavy atom. The summed E-state index contributed by atoms with van der Waals surface area (Å²) in [6.07, 6.45) is 3.03. The highest BCUT2D eigenvalue weighted by Gasteiger charge is 2.23. The van der Waals surface area contributed by atoms with E-state index in [4.69, 9.17) is 0 Å². The molecule has 28 heavy (non-hydrogen) atoms. The van der Waals surface area contributed by atoms with Gasteiger partial charge in [-0.15, -0.1) is 0 Å². The standard InChI is InChI=1S/C19H16FN7O/c20-15-16(13-4-2-1-3-5-13)24-19(25-18(15)28)27-10-8-26(9-11-27)17-14(12-21)22-6-7-23-17/h1-7H,8-11H2,(H,24,25,28). The van der Waals surface area contributed by atoms with Crippen LogP contribution < -0.4 is 15.4 Å². The van der Waals surface area contributed by atoms with E-state index in [2.05, 4.69) is 19.9 Å². The number of hydrogen-bond donors (Lipinski definition) is 1. The van der Waals surface area contributed by atoms with Crippen molar-refractivity contribution in [3.63, 3.8) is 0 Å². The minimum absolute atomic E-state index is 0.0301. The second-order valence-corrected chi connectivity index (χ2v) is 6.23. The summed E-state index contributed by atoms with van der Waals surface area (Å²) in [4.78, 5) is 31.1. The first-order valence-corrected chi connectivity index (χ1v) is 8.73. The first-order valence-electron chi connectivity index (χ1n) is 8.73. The number of rotatable bonds is 3. The predicted molar refractivity (Wildman–Crippen MR) is 101 cm³/mol. The van der Waals surface area contributed by atoms with Gasteiger partial charge in [0.25, 0.3) is 5.56 Å². The number of benzene rings is 1. The average molecular weight is 377 g/mol. The minimum atomic E-state index is -0.896. The largest absolute Gasteiger partial charge is 0.351 e. The molecule has 0 amide bonds. The van der Waals surface area contributed by atoms with Gasteiger partial charge in [-0.1, -0.05) is 30.3 Å². The summed E-state index contributed by atoms with van der Waals surface area (Å²) in [7, 11) is 0. The molecule has 0 radical (unpaired) electrons. The van der Waals surface area contributed by atoms with Crippen LogP contribution in [0, 0.1) is 17.1 Å². The molecule has 0 saturated carbocycles. The van der Waals surface area contributed by atoms with Gasteiger partial charge in [0, 0.05) is 44.1 Å². The molecule has 0 aliphatic carbocycles. The summed E-state index contributed by atoms with van der Waals surface area (Å²) in [5, 5.41) is 9.20. The Labute approximate surface area is 159 Å². The molecule has 1 saturated heterocycles. The van der Waals surface area contributed by atoms with Crippen molar-refractivity contribution in [3.8, 4) is 17.3 Å². The van der Waals surface area contributed by atoms with Crippen LogP contribution in [0.2, 0.25) is 0 Å². The third-order valence-electron chi connectivity index (χ3n) is 4.56. The van der Waals surface area contributed by atoms with E-state index in [0.29, 0.717) is 43.5 Å². The van der Waals surface area contributed by atoms with Crippen LogP contribution in [-0.2, 0) is 0 Å². The molecule has 0 spiro atoms. The van der Waals surface area contributed by atoms with E-state index in [1.807, 2.05) is 21.9 Å². The van der Waals surface area contributed by atoms with E-state index in [1.54, 1.807) is 30.5 Å². The molecule has 4 rings (SSSR count). The summed E-state index contributed by atoms with van der Waals surface area (Å²) in [5.74, 6) is -0.0356. The maximum Gasteiger partial charge on any atom is 0.289 e. The molecule has 3 heterocycles. The first-order chi connectivity index (χ1) is 13.7. The number of piperazine rings is 1. The van der Waals surface area contributed by atoms with Gasteiger partial charge in [0.15, 0.2) is 11.5 Å². The lowest BCUT2D eigenvalue weighted by atomic mass is 10.1. The van der Waals surface area contributed by atoms with Crippen molar-refractivity contribution in [1.29, 1.82) is 5.26 Å². The topological polar surface area (TPSA) is 102 Å². The number of aromatic nitrogens is 4. The molecule has 8 nitrogen and oxygen atoms in total. The number of hydrogen-bond acceptors (Lipinski definition) is 7. The van der Waals surface area contributed by atoms with E-state index in [0.717, 1.165) is 0 Å². The number of aromatic amines is 1. The summed E-state index contributed by atoms with van der Waals surface area (Å²) in [6.45, 7) is 2.19. The number of anilines is 2. The summed E-state index contributed by atoms with van der Waals surface area (Å²) >= 11 is 0. The molecule has 9 heteroatoms. The van der Waals surface area contributed by atoms with E-state index in [1.165, 1.54) is 6.20 Å². The van der Waals surface area contributed by atoms with Gasteiger partial charge in [-0.25, -0.2) is 15.0 Å². The Hall–Kier alpha value is -3.80. The number of nitriles is 1. The lowest BCUT2D eigenvalue weighted by Gasteiger charge is -2.35. The highest BCUT2D eigenvalue weighted by molar-refractivity contribution is 5.61. The fourth-order valence-electron chi connectivity index (χ4n) is 3.15. The molecular formula is C19H16FN7O. The zero-order chi connectivity index (χ0) is 19.5. The van der Waals surface area contributed by atoms with Crippen LogP contribution in [0.5, 0.6) is 0 Å². The molecule has 0 unspecified atom stereocenters. The van der Waals surface area contributed by atoms with Crippen molar-refractivity contribution < 1.29 is 4.39 Å². The Morgan fingerprint density at radius 2 is 1.71 bits per heavy atom. The minimum Gasteiger partial charge on any atom is -0.351 e. The highest BCUT2D eigenvalue weighted by atomic mass is 19.1. The van der Waals surface area contributed by atoms with Crippen LogP contribution in [0.4, 0.5) is 16.2 Å². The molecule has 1 aliphatic rings. The van der Waals surface area contributed by atoms with Gasteiger partial charge in [0.1, 0.15) is 11.8 Å². The van der Waals surface area contributed by atoms with Crippen molar-refractivity contribution in [2.24, 2.45) is 0 Å². The summed E-state index contributed by atoms with van der Waals surface area (Å²) in [6, 6.07) is 10.8. The van der Waals surface area contributed by atoms with Gasteiger partial charge in [0.05, 0.1) is 0 Å². The van der Waals surface area contributed by atoms with Gasteiger partial charge in [-0.2, -0.15) is 9.65 Å². The Bertz CT molecular complexity index is 1090. The maximum absolute atomic E-state index is 14.3. The molecule has 0 bridgehead atoms. The quantitative estimate of drug-likeness (QED) is 0.739. The molecular weight excluding hydrogens is 361 g/mol. The SMILES string of the molecule is N#Cc1nccnc1N1CCN(c2nc(-c3ccccc3)c(F)c(=O)[nH]2)CC1. The van der Waals surface area contributed by atoms with Crippen LogP contribution in [0.3, 0.4) is 0 Å². The lowest BCUT2D eigenvalue weighted by Crippen LogP contribution is -2.48. The van der Waals surface area contributed by atoms with Gasteiger partial charge < -0.3 is 9.80 Å². The molecule has 140 valence electrons. The molecule has 1 N–H and O–H groups in total. The van der Waals surface area contributed by atoms with E-state index < -0.39 is 11.4 Å². The monoisotopic (exact) mass is 377 g/mol. The zero-order valence-corrected chi connectivity index (χ0v) is 14.8. The van der Waals surface area contributed by atoms with Gasteiger partial charge in [0.2, 0.25) is 11.8 Å². The van der Waals surface area contributed by atoms with Gasteiger partial charge in [-0.3, -0.25) is 9.78 Å². The van der Waals surface area contributed by atoms with Crippen molar-refractivity contribution in [1.82, 2.24) is 19.9 Å². The third kappa shape index (κ3) is 3.27. The third-order valence-corrected chi connectivity index (χ3v) is 4.56. The fourth-order valence-corrected chi connectivity index (χ4v) is 3.15.